The smallest absolute Gasteiger partial charge is 0.265 e. The fourth-order valence-corrected chi connectivity index (χ4v) is 4.55. The zero-order valence-corrected chi connectivity index (χ0v) is 14.0. The van der Waals surface area contributed by atoms with Gasteiger partial charge in [0.1, 0.15) is 0 Å². The molecule has 0 spiro atoms. The summed E-state index contributed by atoms with van der Waals surface area (Å²) >= 11 is 1.28. The summed E-state index contributed by atoms with van der Waals surface area (Å²) in [5, 5.41) is 2.23. The van der Waals surface area contributed by atoms with Gasteiger partial charge in [0.15, 0.2) is 5.13 Å². The van der Waals surface area contributed by atoms with Crippen LogP contribution in [0.15, 0.2) is 28.5 Å². The van der Waals surface area contributed by atoms with Gasteiger partial charge in [-0.25, -0.2) is 17.7 Å². The van der Waals surface area contributed by atoms with Crippen LogP contribution in [-0.2, 0) is 21.2 Å². The van der Waals surface area contributed by atoms with Crippen molar-refractivity contribution in [1.82, 2.24) is 4.98 Å². The second kappa shape index (κ2) is 5.06. The van der Waals surface area contributed by atoms with Gasteiger partial charge in [-0.1, -0.05) is 0 Å². The molecule has 2 aromatic rings. The third kappa shape index (κ3) is 2.28. The van der Waals surface area contributed by atoms with Crippen molar-refractivity contribution in [2.75, 3.05) is 23.3 Å². The Balaban J connectivity index is 2.00. The molecule has 3 rings (SSSR count). The van der Waals surface area contributed by atoms with Gasteiger partial charge in [-0.2, -0.15) is 0 Å². The highest BCUT2D eigenvalue weighted by atomic mass is 32.2. The number of sulfonamides is 1. The lowest BCUT2D eigenvalue weighted by atomic mass is 10.2. The molecular weight excluding hydrogens is 322 g/mol. The van der Waals surface area contributed by atoms with Crippen LogP contribution in [0.1, 0.15) is 11.3 Å². The quantitative estimate of drug-likeness (QED) is 0.856. The molecule has 1 aromatic heterocycles. The van der Waals surface area contributed by atoms with Gasteiger partial charge in [0.05, 0.1) is 17.0 Å². The monoisotopic (exact) mass is 337 g/mol. The maximum absolute atomic E-state index is 12.7. The number of nitrogens with zero attached hydrogens (tertiary/aromatic N) is 3. The molecule has 1 aromatic carbocycles. The highest BCUT2D eigenvalue weighted by Crippen LogP contribution is 2.32. The van der Waals surface area contributed by atoms with E-state index in [9.17, 15) is 13.2 Å². The van der Waals surface area contributed by atoms with E-state index < -0.39 is 10.0 Å². The molecule has 0 bridgehead atoms. The number of thiazole rings is 1. The van der Waals surface area contributed by atoms with Crippen LogP contribution in [-0.4, -0.2) is 33.4 Å². The lowest BCUT2D eigenvalue weighted by Gasteiger charge is -2.17. The van der Waals surface area contributed by atoms with Crippen LogP contribution in [0.4, 0.5) is 10.8 Å². The van der Waals surface area contributed by atoms with Crippen LogP contribution in [0.2, 0.25) is 0 Å². The lowest BCUT2D eigenvalue weighted by molar-refractivity contribution is -0.117. The van der Waals surface area contributed by atoms with Crippen molar-refractivity contribution in [2.45, 2.75) is 18.2 Å². The summed E-state index contributed by atoms with van der Waals surface area (Å²) in [7, 11) is -0.512. The largest absolute Gasteiger partial charge is 0.315 e. The number of hydrogen-bond acceptors (Lipinski definition) is 5. The van der Waals surface area contributed by atoms with Crippen molar-refractivity contribution >= 4 is 38.1 Å². The number of aryl methyl sites for hydroxylation is 1. The van der Waals surface area contributed by atoms with Crippen LogP contribution < -0.4 is 9.21 Å². The molecule has 0 saturated heterocycles. The Hall–Kier alpha value is -1.93. The number of hydrogen-bond donors (Lipinski definition) is 0. The number of carbonyl (C=O) groups is 1. The molecular formula is C14H15N3O3S2. The van der Waals surface area contributed by atoms with E-state index in [2.05, 4.69) is 4.98 Å². The van der Waals surface area contributed by atoms with Crippen LogP contribution in [0.25, 0.3) is 0 Å². The Morgan fingerprint density at radius 1 is 1.36 bits per heavy atom. The summed E-state index contributed by atoms with van der Waals surface area (Å²) in [4.78, 5) is 17.6. The zero-order chi connectivity index (χ0) is 16.1. The van der Waals surface area contributed by atoms with E-state index in [0.29, 0.717) is 5.13 Å². The van der Waals surface area contributed by atoms with Crippen LogP contribution >= 0.6 is 11.3 Å². The summed E-state index contributed by atoms with van der Waals surface area (Å²) < 4.78 is 26.6. The van der Waals surface area contributed by atoms with Crippen molar-refractivity contribution in [2.24, 2.45) is 0 Å². The summed E-state index contributed by atoms with van der Waals surface area (Å²) in [6.45, 7) is 1.82. The first-order valence-corrected chi connectivity index (χ1v) is 8.93. The second-order valence-electron chi connectivity index (χ2n) is 5.16. The highest BCUT2D eigenvalue weighted by molar-refractivity contribution is 7.93. The molecule has 1 amide bonds. The third-order valence-corrected chi connectivity index (χ3v) is 6.56. The minimum Gasteiger partial charge on any atom is -0.315 e. The molecule has 0 unspecified atom stereocenters. The van der Waals surface area contributed by atoms with Gasteiger partial charge in [0.2, 0.25) is 5.91 Å². The van der Waals surface area contributed by atoms with Crippen molar-refractivity contribution in [3.8, 4) is 0 Å². The normalized spacial score (nSPS) is 14.3. The van der Waals surface area contributed by atoms with E-state index in [4.69, 9.17) is 0 Å². The Morgan fingerprint density at radius 3 is 2.73 bits per heavy atom. The van der Waals surface area contributed by atoms with E-state index in [1.165, 1.54) is 28.8 Å². The molecule has 0 radical (unpaired) electrons. The minimum atomic E-state index is -3.68. The molecule has 6 nitrogen and oxygen atoms in total. The third-order valence-electron chi connectivity index (χ3n) is 3.66. The number of carbonyl (C=O) groups excluding carboxylic acids is 1. The first kappa shape index (κ1) is 15.0. The zero-order valence-electron chi connectivity index (χ0n) is 12.4. The maximum atomic E-state index is 12.7. The Morgan fingerprint density at radius 2 is 2.09 bits per heavy atom. The summed E-state index contributed by atoms with van der Waals surface area (Å²) in [6.07, 6.45) is 0.231. The molecule has 0 saturated carbocycles. The molecule has 0 aliphatic carbocycles. The van der Waals surface area contributed by atoms with Crippen molar-refractivity contribution in [3.05, 3.63) is 34.8 Å². The van der Waals surface area contributed by atoms with E-state index >= 15 is 0 Å². The Bertz CT molecular complexity index is 858. The Labute approximate surface area is 133 Å². The van der Waals surface area contributed by atoms with Gasteiger partial charge in [-0.3, -0.25) is 4.79 Å². The highest BCUT2D eigenvalue weighted by Gasteiger charge is 2.28. The molecule has 0 N–H and O–H groups in total. The first-order valence-electron chi connectivity index (χ1n) is 6.61. The van der Waals surface area contributed by atoms with E-state index in [1.807, 2.05) is 6.92 Å². The predicted octanol–water partition coefficient (Wildman–Crippen LogP) is 1.80. The van der Waals surface area contributed by atoms with Crippen LogP contribution in [0, 0.1) is 6.92 Å². The number of amides is 1. The van der Waals surface area contributed by atoms with E-state index in [0.717, 1.165) is 16.9 Å². The molecule has 2 heterocycles. The standard InChI is InChI=1S/C14H15N3O3S2/c1-9-8-21-14(15-9)17(3)22(19,20)11-4-5-12-10(6-11)7-13(18)16(12)2/h4-6,8H,7H2,1-3H3. The predicted molar refractivity (Wildman–Crippen MR) is 86.0 cm³/mol. The summed E-state index contributed by atoms with van der Waals surface area (Å²) in [6, 6.07) is 4.78. The molecule has 0 atom stereocenters. The average molecular weight is 337 g/mol. The summed E-state index contributed by atoms with van der Waals surface area (Å²) in [5.41, 5.74) is 2.28. The minimum absolute atomic E-state index is 0.0338. The van der Waals surface area contributed by atoms with Gasteiger partial charge >= 0.3 is 0 Å². The number of fused-ring (bicyclic) bond motifs is 1. The SMILES string of the molecule is Cc1csc(N(C)S(=O)(=O)c2ccc3c(c2)CC(=O)N3C)n1. The van der Waals surface area contributed by atoms with Gasteiger partial charge in [-0.15, -0.1) is 11.3 Å². The Kier molecular flexibility index (Phi) is 3.45. The van der Waals surface area contributed by atoms with Gasteiger partial charge in [0, 0.05) is 25.2 Å². The average Bonchev–Trinajstić information content (AvgIpc) is 3.02. The topological polar surface area (TPSA) is 70.6 Å². The van der Waals surface area contributed by atoms with Gasteiger partial charge in [0.25, 0.3) is 10.0 Å². The van der Waals surface area contributed by atoms with Crippen molar-refractivity contribution < 1.29 is 13.2 Å². The second-order valence-corrected chi connectivity index (χ2v) is 7.97. The summed E-state index contributed by atoms with van der Waals surface area (Å²) in [5.74, 6) is -0.0338. The molecule has 116 valence electrons. The number of benzene rings is 1. The van der Waals surface area contributed by atoms with Gasteiger partial charge in [-0.05, 0) is 30.7 Å². The number of anilines is 2. The van der Waals surface area contributed by atoms with E-state index in [1.54, 1.807) is 29.5 Å². The van der Waals surface area contributed by atoms with Crippen molar-refractivity contribution in [3.63, 3.8) is 0 Å². The molecule has 0 fully saturated rings. The van der Waals surface area contributed by atoms with Crippen molar-refractivity contribution in [1.29, 1.82) is 0 Å². The lowest BCUT2D eigenvalue weighted by Crippen LogP contribution is -2.26. The van der Waals surface area contributed by atoms with Crippen LogP contribution in [0.3, 0.4) is 0 Å². The number of likely N-dealkylation sites (N-methyl/N-ethyl adjacent to an activating group) is 1. The molecule has 22 heavy (non-hydrogen) atoms. The van der Waals surface area contributed by atoms with Gasteiger partial charge < -0.3 is 4.90 Å². The fraction of sp³-hybridized carbons (Fsp3) is 0.286. The molecule has 8 heteroatoms. The molecule has 1 aliphatic heterocycles. The van der Waals surface area contributed by atoms with Crippen LogP contribution in [0.5, 0.6) is 0 Å². The maximum Gasteiger partial charge on any atom is 0.265 e. The number of aromatic nitrogens is 1. The fourth-order valence-electron chi connectivity index (χ4n) is 2.35. The molecule has 1 aliphatic rings. The number of rotatable bonds is 3. The van der Waals surface area contributed by atoms with E-state index in [-0.39, 0.29) is 17.2 Å². The first-order chi connectivity index (χ1) is 10.3.